The first kappa shape index (κ1) is 20.1. The predicted octanol–water partition coefficient (Wildman–Crippen LogP) is 4.64. The van der Waals surface area contributed by atoms with Crippen LogP contribution in [0, 0.1) is 0 Å². The molecule has 0 spiro atoms. The Morgan fingerprint density at radius 1 is 1.19 bits per heavy atom. The number of nitrogens with one attached hydrogen (secondary N) is 1. The van der Waals surface area contributed by atoms with Crippen molar-refractivity contribution in [2.75, 3.05) is 19.0 Å². The van der Waals surface area contributed by atoms with Crippen LogP contribution in [-0.2, 0) is 9.53 Å². The van der Waals surface area contributed by atoms with E-state index < -0.39 is 5.97 Å². The van der Waals surface area contributed by atoms with Gasteiger partial charge >= 0.3 is 5.97 Å². The Bertz CT molecular complexity index is 780. The number of thioether (sulfide) groups is 1. The van der Waals surface area contributed by atoms with Gasteiger partial charge in [0.2, 0.25) is 5.91 Å². The lowest BCUT2D eigenvalue weighted by Crippen LogP contribution is -2.22. The van der Waals surface area contributed by atoms with Crippen molar-refractivity contribution in [2.24, 2.45) is 0 Å². The van der Waals surface area contributed by atoms with Crippen LogP contribution < -0.4 is 10.1 Å². The van der Waals surface area contributed by atoms with Crippen LogP contribution in [-0.4, -0.2) is 30.8 Å². The number of hydrogen-bond donors (Lipinski definition) is 1. The summed E-state index contributed by atoms with van der Waals surface area (Å²) in [6.45, 7) is 3.83. The first-order valence-electron chi connectivity index (χ1n) is 8.02. The summed E-state index contributed by atoms with van der Waals surface area (Å²) in [7, 11) is 1.61. The van der Waals surface area contributed by atoms with Crippen molar-refractivity contribution in [3.63, 3.8) is 0 Å². The molecule has 0 heterocycles. The van der Waals surface area contributed by atoms with Gasteiger partial charge in [-0.05, 0) is 56.3 Å². The topological polar surface area (TPSA) is 64.6 Å². The van der Waals surface area contributed by atoms with E-state index in [1.807, 2.05) is 31.2 Å². The highest BCUT2D eigenvalue weighted by atomic mass is 35.5. The molecule has 0 aromatic heterocycles. The summed E-state index contributed by atoms with van der Waals surface area (Å²) in [5.74, 6) is 0.132. The molecule has 2 rings (SSSR count). The maximum Gasteiger partial charge on any atom is 0.338 e. The molecule has 0 aliphatic rings. The standard InChI is InChI=1S/C19H20ClNO4S/c1-4-25-19(23)13-5-10-17(16(20)11-13)21-18(22)12(2)26-15-8-6-14(24-3)7-9-15/h5-12H,4H2,1-3H3,(H,21,22)/t12-/m0/s1. The van der Waals surface area contributed by atoms with Gasteiger partial charge in [0.05, 0.1) is 35.2 Å². The highest BCUT2D eigenvalue weighted by molar-refractivity contribution is 8.00. The van der Waals surface area contributed by atoms with E-state index in [0.717, 1.165) is 10.6 Å². The average Bonchev–Trinajstić information content (AvgIpc) is 2.64. The number of amides is 1. The number of carbonyl (C=O) groups is 2. The summed E-state index contributed by atoms with van der Waals surface area (Å²) in [6, 6.07) is 12.1. The van der Waals surface area contributed by atoms with Crippen LogP contribution in [0.25, 0.3) is 0 Å². The summed E-state index contributed by atoms with van der Waals surface area (Å²) in [6.07, 6.45) is 0. The minimum absolute atomic E-state index is 0.184. The van der Waals surface area contributed by atoms with Crippen LogP contribution in [0.15, 0.2) is 47.4 Å². The normalized spacial score (nSPS) is 11.5. The molecule has 5 nitrogen and oxygen atoms in total. The number of hydrogen-bond acceptors (Lipinski definition) is 5. The van der Waals surface area contributed by atoms with Gasteiger partial charge in [0.15, 0.2) is 0 Å². The van der Waals surface area contributed by atoms with Crippen LogP contribution >= 0.6 is 23.4 Å². The molecule has 0 radical (unpaired) electrons. The van der Waals surface area contributed by atoms with Crippen molar-refractivity contribution in [1.29, 1.82) is 0 Å². The second-order valence-corrected chi connectivity index (χ2v) is 7.16. The summed E-state index contributed by atoms with van der Waals surface area (Å²) in [5, 5.41) is 2.74. The number of anilines is 1. The minimum Gasteiger partial charge on any atom is -0.497 e. The number of esters is 1. The molecule has 2 aromatic rings. The van der Waals surface area contributed by atoms with E-state index >= 15 is 0 Å². The van der Waals surface area contributed by atoms with Crippen molar-refractivity contribution in [2.45, 2.75) is 24.0 Å². The SMILES string of the molecule is CCOC(=O)c1ccc(NC(=O)[C@H](C)Sc2ccc(OC)cc2)c(Cl)c1. The van der Waals surface area contributed by atoms with Crippen molar-refractivity contribution < 1.29 is 19.1 Å². The van der Waals surface area contributed by atoms with Gasteiger partial charge < -0.3 is 14.8 Å². The predicted molar refractivity (Wildman–Crippen MR) is 104 cm³/mol. The maximum absolute atomic E-state index is 12.4. The van der Waals surface area contributed by atoms with E-state index in [2.05, 4.69) is 5.32 Å². The molecule has 0 saturated heterocycles. The first-order valence-corrected chi connectivity index (χ1v) is 9.28. The van der Waals surface area contributed by atoms with Crippen LogP contribution in [0.3, 0.4) is 0 Å². The van der Waals surface area contributed by atoms with Crippen molar-refractivity contribution >= 4 is 40.9 Å². The van der Waals surface area contributed by atoms with E-state index in [0.29, 0.717) is 11.3 Å². The van der Waals surface area contributed by atoms with E-state index in [4.69, 9.17) is 21.1 Å². The van der Waals surface area contributed by atoms with Gasteiger partial charge in [-0.2, -0.15) is 0 Å². The van der Waals surface area contributed by atoms with Crippen LogP contribution in [0.5, 0.6) is 5.75 Å². The molecular formula is C19H20ClNO4S. The molecule has 0 aliphatic heterocycles. The highest BCUT2D eigenvalue weighted by Gasteiger charge is 2.17. The number of ether oxygens (including phenoxy) is 2. The fourth-order valence-corrected chi connectivity index (χ4v) is 3.20. The van der Waals surface area contributed by atoms with Crippen LogP contribution in [0.1, 0.15) is 24.2 Å². The van der Waals surface area contributed by atoms with Gasteiger partial charge in [0.25, 0.3) is 0 Å². The molecule has 0 fully saturated rings. The third kappa shape index (κ3) is 5.41. The third-order valence-electron chi connectivity index (χ3n) is 3.48. The molecule has 138 valence electrons. The quantitative estimate of drug-likeness (QED) is 0.548. The van der Waals surface area contributed by atoms with Gasteiger partial charge in [-0.25, -0.2) is 4.79 Å². The molecule has 1 atom stereocenters. The second-order valence-electron chi connectivity index (χ2n) is 5.34. The molecule has 1 N–H and O–H groups in total. The number of halogens is 1. The zero-order valence-corrected chi connectivity index (χ0v) is 16.3. The monoisotopic (exact) mass is 393 g/mol. The number of carbonyl (C=O) groups excluding carboxylic acids is 2. The van der Waals surface area contributed by atoms with Gasteiger partial charge in [0, 0.05) is 4.90 Å². The molecule has 7 heteroatoms. The number of methoxy groups -OCH3 is 1. The summed E-state index contributed by atoms with van der Waals surface area (Å²) in [4.78, 5) is 25.1. The maximum atomic E-state index is 12.4. The molecule has 0 unspecified atom stereocenters. The Morgan fingerprint density at radius 3 is 2.46 bits per heavy atom. The van der Waals surface area contributed by atoms with E-state index in [1.165, 1.54) is 17.8 Å². The zero-order valence-electron chi connectivity index (χ0n) is 14.7. The lowest BCUT2D eigenvalue weighted by atomic mass is 10.2. The Kier molecular flexibility index (Phi) is 7.36. The van der Waals surface area contributed by atoms with E-state index in [1.54, 1.807) is 26.2 Å². The van der Waals surface area contributed by atoms with Crippen molar-refractivity contribution in [3.8, 4) is 5.75 Å². The molecule has 0 bridgehead atoms. The summed E-state index contributed by atoms with van der Waals surface area (Å²) >= 11 is 7.60. The molecule has 1 amide bonds. The number of benzene rings is 2. The first-order chi connectivity index (χ1) is 12.4. The lowest BCUT2D eigenvalue weighted by molar-refractivity contribution is -0.115. The zero-order chi connectivity index (χ0) is 19.1. The third-order valence-corrected chi connectivity index (χ3v) is 4.90. The van der Waals surface area contributed by atoms with E-state index in [-0.39, 0.29) is 22.8 Å². The van der Waals surface area contributed by atoms with Crippen LogP contribution in [0.4, 0.5) is 5.69 Å². The van der Waals surface area contributed by atoms with E-state index in [9.17, 15) is 9.59 Å². The van der Waals surface area contributed by atoms with Crippen LogP contribution in [0.2, 0.25) is 5.02 Å². The largest absolute Gasteiger partial charge is 0.497 e. The lowest BCUT2D eigenvalue weighted by Gasteiger charge is -2.14. The Labute approximate surface area is 162 Å². The van der Waals surface area contributed by atoms with Gasteiger partial charge in [-0.1, -0.05) is 11.6 Å². The summed E-state index contributed by atoms with van der Waals surface area (Å²) in [5.41, 5.74) is 0.794. The Hall–Kier alpha value is -2.18. The molecule has 2 aromatic carbocycles. The Morgan fingerprint density at radius 2 is 1.88 bits per heavy atom. The summed E-state index contributed by atoms with van der Waals surface area (Å²) < 4.78 is 10.0. The van der Waals surface area contributed by atoms with Crippen molar-refractivity contribution in [1.82, 2.24) is 0 Å². The molecule has 0 saturated carbocycles. The highest BCUT2D eigenvalue weighted by Crippen LogP contribution is 2.28. The fourth-order valence-electron chi connectivity index (χ4n) is 2.10. The number of rotatable bonds is 7. The molecule has 26 heavy (non-hydrogen) atoms. The van der Waals surface area contributed by atoms with Gasteiger partial charge in [-0.3, -0.25) is 4.79 Å². The average molecular weight is 394 g/mol. The minimum atomic E-state index is -0.448. The smallest absolute Gasteiger partial charge is 0.338 e. The molecular weight excluding hydrogens is 374 g/mol. The fraction of sp³-hybridized carbons (Fsp3) is 0.263. The van der Waals surface area contributed by atoms with Gasteiger partial charge in [-0.15, -0.1) is 11.8 Å². The van der Waals surface area contributed by atoms with Crippen molar-refractivity contribution in [3.05, 3.63) is 53.1 Å². The Balaban J connectivity index is 2.00. The second kappa shape index (κ2) is 9.50. The van der Waals surface area contributed by atoms with Gasteiger partial charge in [0.1, 0.15) is 5.75 Å². The molecule has 0 aliphatic carbocycles.